The molecule has 3 heteroatoms. The van der Waals surface area contributed by atoms with Crippen molar-refractivity contribution in [2.75, 3.05) is 0 Å². The van der Waals surface area contributed by atoms with Crippen LogP contribution in [-0.4, -0.2) is 10.5 Å². The fourth-order valence-electron chi connectivity index (χ4n) is 2.06. The third-order valence-electron chi connectivity index (χ3n) is 3.48. The monoisotopic (exact) mass is 230 g/mol. The number of nitrogens with zero attached hydrogens (tertiary/aromatic N) is 1. The first-order valence-electron chi connectivity index (χ1n) is 5.99. The fourth-order valence-corrected chi connectivity index (χ4v) is 2.06. The zero-order chi connectivity index (χ0) is 11.9. The molecule has 17 heavy (non-hydrogen) atoms. The van der Waals surface area contributed by atoms with Crippen LogP contribution in [0.15, 0.2) is 30.3 Å². The summed E-state index contributed by atoms with van der Waals surface area (Å²) in [6.45, 7) is 0. The topological polar surface area (TPSA) is 38.9 Å². The van der Waals surface area contributed by atoms with E-state index >= 15 is 0 Å². The highest BCUT2D eigenvalue weighted by Crippen LogP contribution is 2.36. The van der Waals surface area contributed by atoms with Crippen LogP contribution in [0, 0.1) is 5.82 Å². The van der Waals surface area contributed by atoms with Gasteiger partial charge in [-0.15, -0.1) is 0 Å². The third-order valence-corrected chi connectivity index (χ3v) is 3.48. The Morgan fingerprint density at radius 3 is 2.76 bits per heavy atom. The van der Waals surface area contributed by atoms with E-state index in [1.54, 1.807) is 6.07 Å². The Morgan fingerprint density at radius 2 is 2.00 bits per heavy atom. The SMILES string of the molecule is NC1(CCc2ccc3ccc(F)cc3n2)CC1. The van der Waals surface area contributed by atoms with E-state index in [0.717, 1.165) is 42.3 Å². The Morgan fingerprint density at radius 1 is 1.24 bits per heavy atom. The van der Waals surface area contributed by atoms with Crippen LogP contribution in [0.2, 0.25) is 0 Å². The molecule has 0 unspecified atom stereocenters. The average Bonchev–Trinajstić information content (AvgIpc) is 3.05. The number of aromatic nitrogens is 1. The number of pyridine rings is 1. The zero-order valence-electron chi connectivity index (χ0n) is 9.62. The minimum absolute atomic E-state index is 0.0541. The zero-order valence-corrected chi connectivity index (χ0v) is 9.62. The van der Waals surface area contributed by atoms with E-state index in [-0.39, 0.29) is 11.4 Å². The lowest BCUT2D eigenvalue weighted by Gasteiger charge is -2.08. The summed E-state index contributed by atoms with van der Waals surface area (Å²) >= 11 is 0. The van der Waals surface area contributed by atoms with E-state index in [2.05, 4.69) is 4.98 Å². The summed E-state index contributed by atoms with van der Waals surface area (Å²) in [5, 5.41) is 0.976. The second-order valence-electron chi connectivity index (χ2n) is 5.00. The smallest absolute Gasteiger partial charge is 0.125 e. The second-order valence-corrected chi connectivity index (χ2v) is 5.00. The summed E-state index contributed by atoms with van der Waals surface area (Å²) < 4.78 is 13.1. The van der Waals surface area contributed by atoms with Crippen molar-refractivity contribution in [2.45, 2.75) is 31.2 Å². The molecule has 88 valence electrons. The highest BCUT2D eigenvalue weighted by atomic mass is 19.1. The first-order chi connectivity index (χ1) is 8.15. The summed E-state index contributed by atoms with van der Waals surface area (Å²) in [5.74, 6) is -0.236. The van der Waals surface area contributed by atoms with Gasteiger partial charge in [-0.3, -0.25) is 4.98 Å². The maximum Gasteiger partial charge on any atom is 0.125 e. The Hall–Kier alpha value is -1.48. The predicted octanol–water partition coefficient (Wildman–Crippen LogP) is 2.80. The van der Waals surface area contributed by atoms with Crippen LogP contribution < -0.4 is 5.73 Å². The van der Waals surface area contributed by atoms with Gasteiger partial charge < -0.3 is 5.73 Å². The van der Waals surface area contributed by atoms with Gasteiger partial charge >= 0.3 is 0 Å². The molecule has 0 aliphatic heterocycles. The molecule has 0 spiro atoms. The van der Waals surface area contributed by atoms with Gasteiger partial charge in [-0.05, 0) is 43.9 Å². The van der Waals surface area contributed by atoms with Crippen LogP contribution in [-0.2, 0) is 6.42 Å². The average molecular weight is 230 g/mol. The van der Waals surface area contributed by atoms with Crippen LogP contribution in [0.25, 0.3) is 10.9 Å². The Bertz CT molecular complexity index is 561. The van der Waals surface area contributed by atoms with Crippen LogP contribution in [0.5, 0.6) is 0 Å². The van der Waals surface area contributed by atoms with Crippen molar-refractivity contribution in [3.05, 3.63) is 41.8 Å². The molecule has 0 bridgehead atoms. The first kappa shape index (κ1) is 10.7. The lowest BCUT2D eigenvalue weighted by molar-refractivity contribution is 0.604. The summed E-state index contributed by atoms with van der Waals surface area (Å²) in [6, 6.07) is 8.70. The highest BCUT2D eigenvalue weighted by Gasteiger charge is 2.37. The van der Waals surface area contributed by atoms with Gasteiger partial charge in [0.25, 0.3) is 0 Å². The molecule has 0 atom stereocenters. The molecule has 1 aliphatic carbocycles. The van der Waals surface area contributed by atoms with Gasteiger partial charge in [0, 0.05) is 22.7 Å². The van der Waals surface area contributed by atoms with Gasteiger partial charge in [-0.1, -0.05) is 6.07 Å². The van der Waals surface area contributed by atoms with E-state index in [4.69, 9.17) is 5.73 Å². The largest absolute Gasteiger partial charge is 0.325 e. The Labute approximate surface area is 99.7 Å². The lowest BCUT2D eigenvalue weighted by Crippen LogP contribution is -2.22. The van der Waals surface area contributed by atoms with Crippen molar-refractivity contribution >= 4 is 10.9 Å². The summed E-state index contributed by atoms with van der Waals surface area (Å²) in [5.41, 5.74) is 7.82. The van der Waals surface area contributed by atoms with Gasteiger partial charge in [0.1, 0.15) is 5.82 Å². The maximum atomic E-state index is 13.1. The van der Waals surface area contributed by atoms with Crippen molar-refractivity contribution in [2.24, 2.45) is 5.73 Å². The fraction of sp³-hybridized carbons (Fsp3) is 0.357. The van der Waals surface area contributed by atoms with Crippen molar-refractivity contribution < 1.29 is 4.39 Å². The van der Waals surface area contributed by atoms with E-state index in [1.165, 1.54) is 12.1 Å². The molecule has 1 aromatic carbocycles. The standard InChI is InChI=1S/C14H15FN2/c15-11-3-1-10-2-4-12(17-13(10)9-11)5-6-14(16)7-8-14/h1-4,9H,5-8,16H2. The number of fused-ring (bicyclic) bond motifs is 1. The normalized spacial score (nSPS) is 17.3. The lowest BCUT2D eigenvalue weighted by atomic mass is 10.1. The van der Waals surface area contributed by atoms with Gasteiger partial charge in [-0.25, -0.2) is 4.39 Å². The molecule has 2 N–H and O–H groups in total. The molecule has 2 aromatic rings. The quantitative estimate of drug-likeness (QED) is 0.880. The second kappa shape index (κ2) is 3.77. The minimum Gasteiger partial charge on any atom is -0.325 e. The van der Waals surface area contributed by atoms with E-state index in [9.17, 15) is 4.39 Å². The first-order valence-corrected chi connectivity index (χ1v) is 5.99. The number of halogens is 1. The maximum absolute atomic E-state index is 13.1. The molecule has 0 saturated heterocycles. The van der Waals surface area contributed by atoms with Crippen molar-refractivity contribution in [1.29, 1.82) is 0 Å². The summed E-state index contributed by atoms with van der Waals surface area (Å²) in [6.07, 6.45) is 4.09. The van der Waals surface area contributed by atoms with Crippen LogP contribution in [0.1, 0.15) is 25.0 Å². The van der Waals surface area contributed by atoms with Crippen LogP contribution >= 0.6 is 0 Å². The van der Waals surface area contributed by atoms with Crippen LogP contribution in [0.3, 0.4) is 0 Å². The van der Waals surface area contributed by atoms with Gasteiger partial charge in [-0.2, -0.15) is 0 Å². The molecule has 1 saturated carbocycles. The summed E-state index contributed by atoms with van der Waals surface area (Å²) in [7, 11) is 0. The van der Waals surface area contributed by atoms with E-state index in [1.807, 2.05) is 12.1 Å². The number of nitrogens with two attached hydrogens (primary N) is 1. The molecular formula is C14H15FN2. The number of rotatable bonds is 3. The van der Waals surface area contributed by atoms with Crippen molar-refractivity contribution in [1.82, 2.24) is 4.98 Å². The minimum atomic E-state index is -0.236. The molecule has 1 fully saturated rings. The number of benzene rings is 1. The van der Waals surface area contributed by atoms with E-state index < -0.39 is 0 Å². The predicted molar refractivity (Wildman–Crippen MR) is 66.2 cm³/mol. The molecule has 3 rings (SSSR count). The van der Waals surface area contributed by atoms with Crippen molar-refractivity contribution in [3.8, 4) is 0 Å². The molecule has 0 amide bonds. The molecule has 1 heterocycles. The van der Waals surface area contributed by atoms with Gasteiger partial charge in [0.05, 0.1) is 5.52 Å². The van der Waals surface area contributed by atoms with E-state index in [0.29, 0.717) is 0 Å². The molecule has 1 aromatic heterocycles. The third kappa shape index (κ3) is 2.29. The number of hydrogen-bond donors (Lipinski definition) is 1. The van der Waals surface area contributed by atoms with Crippen LogP contribution in [0.4, 0.5) is 4.39 Å². The molecular weight excluding hydrogens is 215 g/mol. The van der Waals surface area contributed by atoms with Gasteiger partial charge in [0.15, 0.2) is 0 Å². The highest BCUT2D eigenvalue weighted by molar-refractivity contribution is 5.78. The Kier molecular flexibility index (Phi) is 2.37. The summed E-state index contributed by atoms with van der Waals surface area (Å²) in [4.78, 5) is 4.47. The molecule has 0 radical (unpaired) electrons. The van der Waals surface area contributed by atoms with Gasteiger partial charge in [0.2, 0.25) is 0 Å². The molecule has 2 nitrogen and oxygen atoms in total. The number of aryl methyl sites for hydroxylation is 1. The molecule has 1 aliphatic rings. The van der Waals surface area contributed by atoms with Crippen molar-refractivity contribution in [3.63, 3.8) is 0 Å². The Balaban J connectivity index is 1.85. The number of hydrogen-bond acceptors (Lipinski definition) is 2.